The third-order valence-corrected chi connectivity index (χ3v) is 3.69. The number of carbonyl (C=O) groups excluding carboxylic acids is 2. The first-order chi connectivity index (χ1) is 9.66. The van der Waals surface area contributed by atoms with Crippen LogP contribution in [0.25, 0.3) is 0 Å². The van der Waals surface area contributed by atoms with Crippen LogP contribution in [0.1, 0.15) is 47.8 Å². The summed E-state index contributed by atoms with van der Waals surface area (Å²) in [7, 11) is 0. The molecule has 0 aromatic carbocycles. The van der Waals surface area contributed by atoms with Gasteiger partial charge in [-0.3, -0.25) is 14.7 Å². The number of carbonyl (C=O) groups is 2. The van der Waals surface area contributed by atoms with Crippen LogP contribution in [-0.2, 0) is 4.79 Å². The van der Waals surface area contributed by atoms with Crippen LogP contribution >= 0.6 is 0 Å². The molecular weight excluding hydrogens is 258 g/mol. The molecule has 3 rings (SSSR count). The van der Waals surface area contributed by atoms with Crippen LogP contribution in [0.3, 0.4) is 0 Å². The van der Waals surface area contributed by atoms with Crippen LogP contribution in [0.2, 0.25) is 0 Å². The molecule has 1 aromatic heterocycles. The molecule has 2 aliphatic rings. The molecule has 2 amide bonds. The van der Waals surface area contributed by atoms with Gasteiger partial charge in [0.2, 0.25) is 5.91 Å². The highest BCUT2D eigenvalue weighted by Gasteiger charge is 2.30. The van der Waals surface area contributed by atoms with Gasteiger partial charge in [-0.05, 0) is 25.7 Å². The lowest BCUT2D eigenvalue weighted by molar-refractivity contribution is -0.122. The van der Waals surface area contributed by atoms with Crippen molar-refractivity contribution in [2.45, 2.75) is 31.6 Å². The van der Waals surface area contributed by atoms with Gasteiger partial charge in [-0.25, -0.2) is 0 Å². The van der Waals surface area contributed by atoms with Crippen molar-refractivity contribution >= 4 is 17.5 Å². The molecule has 1 aromatic rings. The molecule has 0 spiro atoms. The van der Waals surface area contributed by atoms with Gasteiger partial charge in [0, 0.05) is 24.9 Å². The molecule has 5 N–H and O–H groups in total. The number of hydrogen-bond donors (Lipinski definition) is 4. The van der Waals surface area contributed by atoms with Crippen LogP contribution in [0.15, 0.2) is 0 Å². The molecule has 0 bridgehead atoms. The molecule has 0 saturated heterocycles. The normalized spacial score (nSPS) is 17.8. The maximum Gasteiger partial charge on any atom is 0.274 e. The Kier molecular flexibility index (Phi) is 3.33. The quantitative estimate of drug-likeness (QED) is 0.553. The third kappa shape index (κ3) is 2.76. The first-order valence-electron chi connectivity index (χ1n) is 7.06. The highest BCUT2D eigenvalue weighted by molar-refractivity contribution is 5.97. The lowest BCUT2D eigenvalue weighted by Crippen LogP contribution is -2.35. The summed E-state index contributed by atoms with van der Waals surface area (Å²) in [5, 5.41) is 12.3. The third-order valence-electron chi connectivity index (χ3n) is 3.69. The van der Waals surface area contributed by atoms with Crippen molar-refractivity contribution in [2.75, 3.05) is 18.8 Å². The highest BCUT2D eigenvalue weighted by atomic mass is 16.2. The molecule has 108 valence electrons. The first-order valence-corrected chi connectivity index (χ1v) is 7.06. The van der Waals surface area contributed by atoms with Gasteiger partial charge in [-0.15, -0.1) is 0 Å². The topological polar surface area (TPSA) is 113 Å². The Hall–Kier alpha value is -2.05. The molecular formula is C13H19N5O2. The van der Waals surface area contributed by atoms with Crippen molar-refractivity contribution in [1.82, 2.24) is 20.8 Å². The molecule has 2 saturated carbocycles. The fraction of sp³-hybridized carbons (Fsp3) is 0.615. The summed E-state index contributed by atoms with van der Waals surface area (Å²) in [6.45, 7) is 0.809. The number of nitrogens with zero attached hydrogens (tertiary/aromatic N) is 1. The molecule has 7 nitrogen and oxygen atoms in total. The average Bonchev–Trinajstić information content (AvgIpc) is 3.32. The number of nitrogens with one attached hydrogen (secondary N) is 3. The summed E-state index contributed by atoms with van der Waals surface area (Å²) < 4.78 is 0. The SMILES string of the molecule is Nc1c(C(=O)NCCNC(=O)C2CC2)n[nH]c1C1CC1. The summed E-state index contributed by atoms with van der Waals surface area (Å²) in [6.07, 6.45) is 4.15. The Bertz CT molecular complexity index is 531. The van der Waals surface area contributed by atoms with E-state index in [9.17, 15) is 9.59 Å². The Labute approximate surface area is 116 Å². The lowest BCUT2D eigenvalue weighted by atomic mass is 10.2. The minimum atomic E-state index is -0.300. The van der Waals surface area contributed by atoms with Crippen LogP contribution < -0.4 is 16.4 Å². The van der Waals surface area contributed by atoms with Crippen LogP contribution in [0.4, 0.5) is 5.69 Å². The van der Waals surface area contributed by atoms with Crippen LogP contribution in [-0.4, -0.2) is 35.1 Å². The largest absolute Gasteiger partial charge is 0.395 e. The standard InChI is InChI=1S/C13H19N5O2/c14-9-10(7-1-2-7)17-18-11(9)13(20)16-6-5-15-12(19)8-3-4-8/h7-8H,1-6,14H2,(H,15,19)(H,16,20)(H,17,18). The first kappa shape index (κ1) is 13.0. The summed E-state index contributed by atoms with van der Waals surface area (Å²) in [4.78, 5) is 23.3. The second-order valence-electron chi connectivity index (χ2n) is 5.50. The fourth-order valence-corrected chi connectivity index (χ4v) is 2.16. The number of anilines is 1. The van der Waals surface area contributed by atoms with Gasteiger partial charge in [0.15, 0.2) is 5.69 Å². The van der Waals surface area contributed by atoms with E-state index in [1.165, 1.54) is 0 Å². The zero-order chi connectivity index (χ0) is 14.1. The number of aromatic nitrogens is 2. The number of aromatic amines is 1. The van der Waals surface area contributed by atoms with Crippen LogP contribution in [0, 0.1) is 5.92 Å². The molecule has 7 heteroatoms. The van der Waals surface area contributed by atoms with Crippen molar-refractivity contribution in [3.8, 4) is 0 Å². The summed E-state index contributed by atoms with van der Waals surface area (Å²) in [5.41, 5.74) is 7.50. The molecule has 0 radical (unpaired) electrons. The molecule has 20 heavy (non-hydrogen) atoms. The van der Waals surface area contributed by atoms with E-state index < -0.39 is 0 Å². The van der Waals surface area contributed by atoms with Gasteiger partial charge in [0.25, 0.3) is 5.91 Å². The average molecular weight is 277 g/mol. The fourth-order valence-electron chi connectivity index (χ4n) is 2.16. The second-order valence-corrected chi connectivity index (χ2v) is 5.50. The minimum absolute atomic E-state index is 0.0783. The predicted molar refractivity (Wildman–Crippen MR) is 73.0 cm³/mol. The molecule has 2 fully saturated rings. The number of amides is 2. The van der Waals surface area contributed by atoms with E-state index in [0.717, 1.165) is 31.4 Å². The van der Waals surface area contributed by atoms with Gasteiger partial charge >= 0.3 is 0 Å². The number of rotatable bonds is 6. The van der Waals surface area contributed by atoms with Gasteiger partial charge in [-0.2, -0.15) is 5.10 Å². The maximum atomic E-state index is 11.9. The van der Waals surface area contributed by atoms with E-state index in [-0.39, 0.29) is 23.4 Å². The van der Waals surface area contributed by atoms with E-state index in [1.54, 1.807) is 0 Å². The van der Waals surface area contributed by atoms with Gasteiger partial charge in [0.05, 0.1) is 11.4 Å². The summed E-state index contributed by atoms with van der Waals surface area (Å²) >= 11 is 0. The van der Waals surface area contributed by atoms with Crippen molar-refractivity contribution in [1.29, 1.82) is 0 Å². The Morgan fingerprint density at radius 1 is 1.20 bits per heavy atom. The van der Waals surface area contributed by atoms with E-state index >= 15 is 0 Å². The Morgan fingerprint density at radius 2 is 1.90 bits per heavy atom. The van der Waals surface area contributed by atoms with Gasteiger partial charge in [-0.1, -0.05) is 0 Å². The molecule has 1 heterocycles. The molecule has 0 aliphatic heterocycles. The smallest absolute Gasteiger partial charge is 0.274 e. The monoisotopic (exact) mass is 277 g/mol. The number of nitrogen functional groups attached to an aromatic ring is 1. The summed E-state index contributed by atoms with van der Waals surface area (Å²) in [6, 6.07) is 0. The van der Waals surface area contributed by atoms with Gasteiger partial charge < -0.3 is 16.4 Å². The highest BCUT2D eigenvalue weighted by Crippen LogP contribution is 2.42. The van der Waals surface area contributed by atoms with E-state index in [2.05, 4.69) is 20.8 Å². The van der Waals surface area contributed by atoms with Crippen molar-refractivity contribution < 1.29 is 9.59 Å². The maximum absolute atomic E-state index is 11.9. The number of hydrogen-bond acceptors (Lipinski definition) is 4. The number of nitrogens with two attached hydrogens (primary N) is 1. The molecule has 0 atom stereocenters. The van der Waals surface area contributed by atoms with E-state index in [1.807, 2.05) is 0 Å². The van der Waals surface area contributed by atoms with Crippen LogP contribution in [0.5, 0.6) is 0 Å². The van der Waals surface area contributed by atoms with Gasteiger partial charge in [0.1, 0.15) is 0 Å². The lowest BCUT2D eigenvalue weighted by Gasteiger charge is -2.05. The Balaban J connectivity index is 1.45. The zero-order valence-corrected chi connectivity index (χ0v) is 11.2. The predicted octanol–water partition coefficient (Wildman–Crippen LogP) is 0.125. The summed E-state index contributed by atoms with van der Waals surface area (Å²) in [5.74, 6) is 0.400. The zero-order valence-electron chi connectivity index (χ0n) is 11.2. The minimum Gasteiger partial charge on any atom is -0.395 e. The number of H-pyrrole nitrogens is 1. The van der Waals surface area contributed by atoms with E-state index in [4.69, 9.17) is 5.73 Å². The second kappa shape index (κ2) is 5.15. The van der Waals surface area contributed by atoms with Crippen molar-refractivity contribution in [3.05, 3.63) is 11.4 Å². The van der Waals surface area contributed by atoms with Crippen molar-refractivity contribution in [3.63, 3.8) is 0 Å². The van der Waals surface area contributed by atoms with Crippen molar-refractivity contribution in [2.24, 2.45) is 5.92 Å². The molecule has 0 unspecified atom stereocenters. The molecule has 2 aliphatic carbocycles. The Morgan fingerprint density at radius 3 is 2.55 bits per heavy atom. The van der Waals surface area contributed by atoms with E-state index in [0.29, 0.717) is 24.7 Å².